The lowest BCUT2D eigenvalue weighted by Gasteiger charge is -2.18. The molecule has 0 aromatic rings. The van der Waals surface area contributed by atoms with Gasteiger partial charge < -0.3 is 14.2 Å². The van der Waals surface area contributed by atoms with Crippen LogP contribution in [0.4, 0.5) is 0 Å². The molecular formula is C73H140O6. The smallest absolute Gasteiger partial charge is 0.306 e. The Bertz CT molecular complexity index is 1230. The van der Waals surface area contributed by atoms with Gasteiger partial charge in [-0.2, -0.15) is 0 Å². The highest BCUT2D eigenvalue weighted by Crippen LogP contribution is 2.19. The largest absolute Gasteiger partial charge is 0.462 e. The molecule has 1 unspecified atom stereocenters. The van der Waals surface area contributed by atoms with Gasteiger partial charge in [0.25, 0.3) is 0 Å². The van der Waals surface area contributed by atoms with Crippen LogP contribution in [0.2, 0.25) is 0 Å². The third-order valence-corrected chi connectivity index (χ3v) is 16.8. The van der Waals surface area contributed by atoms with Crippen LogP contribution in [0.15, 0.2) is 12.2 Å². The fourth-order valence-corrected chi connectivity index (χ4v) is 11.3. The average Bonchev–Trinajstić information content (AvgIpc) is 3.45. The van der Waals surface area contributed by atoms with Crippen molar-refractivity contribution in [3.63, 3.8) is 0 Å². The summed E-state index contributed by atoms with van der Waals surface area (Å²) in [6.45, 7) is 6.71. The normalized spacial score (nSPS) is 12.0. The van der Waals surface area contributed by atoms with Gasteiger partial charge in [0, 0.05) is 19.3 Å². The summed E-state index contributed by atoms with van der Waals surface area (Å²) >= 11 is 0. The molecule has 0 aliphatic rings. The van der Waals surface area contributed by atoms with E-state index in [2.05, 4.69) is 32.9 Å². The third kappa shape index (κ3) is 66.8. The second kappa shape index (κ2) is 68.6. The van der Waals surface area contributed by atoms with Crippen LogP contribution in [0, 0.1) is 0 Å². The molecule has 0 radical (unpaired) electrons. The maximum absolute atomic E-state index is 12.9. The number of rotatable bonds is 68. The summed E-state index contributed by atoms with van der Waals surface area (Å²) in [7, 11) is 0. The summed E-state index contributed by atoms with van der Waals surface area (Å²) in [5, 5.41) is 0. The number of hydrogen-bond donors (Lipinski definition) is 0. The van der Waals surface area contributed by atoms with Gasteiger partial charge in [0.2, 0.25) is 0 Å². The molecule has 0 N–H and O–H groups in total. The Morgan fingerprint density at radius 2 is 0.418 bits per heavy atom. The Morgan fingerprint density at radius 3 is 0.633 bits per heavy atom. The Balaban J connectivity index is 4.07. The van der Waals surface area contributed by atoms with Crippen molar-refractivity contribution in [1.29, 1.82) is 0 Å². The highest BCUT2D eigenvalue weighted by atomic mass is 16.6. The quantitative estimate of drug-likeness (QED) is 0.0261. The molecule has 0 aromatic carbocycles. The second-order valence-corrected chi connectivity index (χ2v) is 24.9. The van der Waals surface area contributed by atoms with Crippen molar-refractivity contribution in [2.45, 2.75) is 425 Å². The minimum absolute atomic E-state index is 0.0630. The van der Waals surface area contributed by atoms with Gasteiger partial charge in [-0.1, -0.05) is 367 Å². The van der Waals surface area contributed by atoms with Crippen molar-refractivity contribution in [3.05, 3.63) is 12.2 Å². The van der Waals surface area contributed by atoms with Crippen LogP contribution >= 0.6 is 0 Å². The predicted octanol–water partition coefficient (Wildman–Crippen LogP) is 24.8. The highest BCUT2D eigenvalue weighted by molar-refractivity contribution is 5.71. The van der Waals surface area contributed by atoms with E-state index in [4.69, 9.17) is 14.2 Å². The predicted molar refractivity (Wildman–Crippen MR) is 344 cm³/mol. The molecule has 1 atom stereocenters. The van der Waals surface area contributed by atoms with Crippen LogP contribution in [-0.2, 0) is 28.6 Å². The first kappa shape index (κ1) is 77.2. The lowest BCUT2D eigenvalue weighted by Crippen LogP contribution is -2.30. The molecule has 0 rings (SSSR count). The zero-order valence-corrected chi connectivity index (χ0v) is 53.9. The van der Waals surface area contributed by atoms with E-state index in [1.165, 1.54) is 321 Å². The summed E-state index contributed by atoms with van der Waals surface area (Å²) in [6, 6.07) is 0. The first-order valence-corrected chi connectivity index (χ1v) is 36.2. The molecule has 0 amide bonds. The van der Waals surface area contributed by atoms with Crippen molar-refractivity contribution in [2.75, 3.05) is 13.2 Å². The third-order valence-electron chi connectivity index (χ3n) is 16.8. The van der Waals surface area contributed by atoms with Gasteiger partial charge in [-0.05, 0) is 44.9 Å². The molecule has 0 heterocycles. The fourth-order valence-electron chi connectivity index (χ4n) is 11.3. The zero-order valence-electron chi connectivity index (χ0n) is 53.9. The van der Waals surface area contributed by atoms with E-state index in [1.54, 1.807) is 0 Å². The molecule has 0 fully saturated rings. The number of unbranched alkanes of at least 4 members (excludes halogenated alkanes) is 55. The number of ether oxygens (including phenoxy) is 3. The summed E-state index contributed by atoms with van der Waals surface area (Å²) in [5.41, 5.74) is 0. The molecular weight excluding hydrogens is 973 g/mol. The number of carbonyl (C=O) groups excluding carboxylic acids is 3. The van der Waals surface area contributed by atoms with Crippen LogP contribution in [0.5, 0.6) is 0 Å². The Labute approximate surface area is 494 Å². The van der Waals surface area contributed by atoms with Crippen LogP contribution in [0.25, 0.3) is 0 Å². The van der Waals surface area contributed by atoms with Gasteiger partial charge in [-0.25, -0.2) is 0 Å². The van der Waals surface area contributed by atoms with E-state index < -0.39 is 6.10 Å². The summed E-state index contributed by atoms with van der Waals surface area (Å²) < 4.78 is 17.0. The van der Waals surface area contributed by atoms with E-state index in [0.717, 1.165) is 57.8 Å². The molecule has 0 aliphatic heterocycles. The highest BCUT2D eigenvalue weighted by Gasteiger charge is 2.19. The topological polar surface area (TPSA) is 78.9 Å². The number of allylic oxidation sites excluding steroid dienone is 2. The number of esters is 3. The SMILES string of the molecule is CCCCCCCCCC/C=C\CCCCCCCCCCCCCCCC(=O)OC(COC(=O)CCCCCCCCCCC)COC(=O)CCCCCCCCCCCCCCCCCCCCCCCCCCCCC. The van der Waals surface area contributed by atoms with Crippen molar-refractivity contribution in [1.82, 2.24) is 0 Å². The first-order chi connectivity index (χ1) is 39.0. The van der Waals surface area contributed by atoms with E-state index in [0.29, 0.717) is 19.3 Å². The van der Waals surface area contributed by atoms with Crippen molar-refractivity contribution < 1.29 is 28.6 Å². The molecule has 0 aromatic heterocycles. The molecule has 0 spiro atoms. The van der Waals surface area contributed by atoms with E-state index in [-0.39, 0.29) is 31.1 Å². The molecule has 0 saturated heterocycles. The molecule has 0 aliphatic carbocycles. The van der Waals surface area contributed by atoms with Gasteiger partial charge in [0.05, 0.1) is 0 Å². The van der Waals surface area contributed by atoms with Crippen LogP contribution in [0.1, 0.15) is 419 Å². The molecule has 468 valence electrons. The maximum Gasteiger partial charge on any atom is 0.306 e. The minimum atomic E-state index is -0.765. The Kier molecular flexibility index (Phi) is 67.0. The average molecular weight is 1110 g/mol. The van der Waals surface area contributed by atoms with E-state index in [1.807, 2.05) is 0 Å². The second-order valence-electron chi connectivity index (χ2n) is 24.9. The first-order valence-electron chi connectivity index (χ1n) is 36.2. The summed E-state index contributed by atoms with van der Waals surface area (Å²) in [6.07, 6.45) is 82.7. The molecule has 0 saturated carbocycles. The molecule has 6 nitrogen and oxygen atoms in total. The van der Waals surface area contributed by atoms with Gasteiger partial charge in [0.1, 0.15) is 13.2 Å². The molecule has 79 heavy (non-hydrogen) atoms. The van der Waals surface area contributed by atoms with Crippen molar-refractivity contribution in [3.8, 4) is 0 Å². The van der Waals surface area contributed by atoms with E-state index in [9.17, 15) is 14.4 Å². The fraction of sp³-hybridized carbons (Fsp3) is 0.932. The number of carbonyl (C=O) groups is 3. The standard InChI is InChI=1S/C73H140O6/c1-4-7-10-13-16-19-21-23-25-27-29-31-33-35-36-38-39-41-43-45-47-49-51-54-57-60-63-66-72(75)78-69-70(68-77-71(74)65-62-59-56-53-18-15-12-9-6-3)79-73(76)67-64-61-58-55-52-50-48-46-44-42-40-37-34-32-30-28-26-24-22-20-17-14-11-8-5-2/h28,30,70H,4-27,29,31-69H2,1-3H3/b30-28-. The Hall–Kier alpha value is -1.85. The van der Waals surface area contributed by atoms with Crippen molar-refractivity contribution in [2.24, 2.45) is 0 Å². The van der Waals surface area contributed by atoms with Crippen molar-refractivity contribution >= 4 is 17.9 Å². The molecule has 6 heteroatoms. The monoisotopic (exact) mass is 1110 g/mol. The Morgan fingerprint density at radius 1 is 0.241 bits per heavy atom. The van der Waals surface area contributed by atoms with Crippen LogP contribution < -0.4 is 0 Å². The van der Waals surface area contributed by atoms with Gasteiger partial charge in [0.15, 0.2) is 6.10 Å². The summed E-state index contributed by atoms with van der Waals surface area (Å²) in [5.74, 6) is -0.832. The molecule has 0 bridgehead atoms. The van der Waals surface area contributed by atoms with Gasteiger partial charge >= 0.3 is 17.9 Å². The minimum Gasteiger partial charge on any atom is -0.462 e. The lowest BCUT2D eigenvalue weighted by atomic mass is 10.0. The zero-order chi connectivity index (χ0) is 57.1. The maximum atomic E-state index is 12.9. The van der Waals surface area contributed by atoms with Gasteiger partial charge in [-0.15, -0.1) is 0 Å². The lowest BCUT2D eigenvalue weighted by molar-refractivity contribution is -0.167. The number of hydrogen-bond acceptors (Lipinski definition) is 6. The van der Waals surface area contributed by atoms with Crippen LogP contribution in [0.3, 0.4) is 0 Å². The van der Waals surface area contributed by atoms with Gasteiger partial charge in [-0.3, -0.25) is 14.4 Å². The van der Waals surface area contributed by atoms with E-state index >= 15 is 0 Å². The van der Waals surface area contributed by atoms with Crippen LogP contribution in [-0.4, -0.2) is 37.2 Å². The summed E-state index contributed by atoms with van der Waals surface area (Å²) in [4.78, 5) is 38.3.